The molecule has 114 valence electrons. The van der Waals surface area contributed by atoms with Crippen molar-refractivity contribution in [2.75, 3.05) is 26.2 Å². The van der Waals surface area contributed by atoms with Crippen LogP contribution in [0.1, 0.15) is 45.4 Å². The van der Waals surface area contributed by atoms with Crippen LogP contribution >= 0.6 is 0 Å². The van der Waals surface area contributed by atoms with Gasteiger partial charge in [0.25, 0.3) is 0 Å². The zero-order chi connectivity index (χ0) is 14.5. The second-order valence-corrected chi connectivity index (χ2v) is 6.06. The number of carbonyl (C=O) groups excluding carboxylic acids is 1. The molecule has 2 fully saturated rings. The molecule has 5 nitrogen and oxygen atoms in total. The zero-order valence-corrected chi connectivity index (χ0v) is 12.4. The second kappa shape index (κ2) is 7.07. The molecule has 0 unspecified atom stereocenters. The molecule has 20 heavy (non-hydrogen) atoms. The van der Waals surface area contributed by atoms with E-state index in [9.17, 15) is 9.59 Å². The summed E-state index contributed by atoms with van der Waals surface area (Å²) in [5.41, 5.74) is 0. The predicted octanol–water partition coefficient (Wildman–Crippen LogP) is 1.57. The monoisotopic (exact) mass is 282 g/mol. The highest BCUT2D eigenvalue weighted by molar-refractivity contribution is 5.78. The van der Waals surface area contributed by atoms with Gasteiger partial charge >= 0.3 is 5.97 Å². The molecule has 1 saturated carbocycles. The molecule has 0 radical (unpaired) electrons. The predicted molar refractivity (Wildman–Crippen MR) is 76.4 cm³/mol. The Hall–Kier alpha value is -1.10. The minimum absolute atomic E-state index is 0.263. The molecule has 0 bridgehead atoms. The van der Waals surface area contributed by atoms with Crippen molar-refractivity contribution in [2.24, 2.45) is 5.92 Å². The number of hydrogen-bond donors (Lipinski definition) is 1. The van der Waals surface area contributed by atoms with E-state index in [1.165, 1.54) is 0 Å². The Morgan fingerprint density at radius 1 is 1.20 bits per heavy atom. The molecule has 1 heterocycles. The van der Waals surface area contributed by atoms with Gasteiger partial charge in [-0.25, -0.2) is 0 Å². The van der Waals surface area contributed by atoms with Gasteiger partial charge in [0, 0.05) is 19.0 Å². The summed E-state index contributed by atoms with van der Waals surface area (Å²) in [5.74, 6) is 0.0766. The molecule has 0 aromatic heterocycles. The molecule has 5 heteroatoms. The topological polar surface area (TPSA) is 60.9 Å². The van der Waals surface area contributed by atoms with E-state index >= 15 is 0 Å². The van der Waals surface area contributed by atoms with Crippen LogP contribution in [0.3, 0.4) is 0 Å². The maximum atomic E-state index is 12.2. The highest BCUT2D eigenvalue weighted by Crippen LogP contribution is 2.27. The standard InChI is InChI=1S/C15H26N2O3/c1-2-17(13-4-5-13)14(18)11-16-9-7-12(8-10-16)3-6-15(19)20/h12-13H,2-11H2,1H3,(H,19,20). The van der Waals surface area contributed by atoms with Crippen molar-refractivity contribution in [3.05, 3.63) is 0 Å². The molecule has 0 aromatic carbocycles. The SMILES string of the molecule is CCN(C(=O)CN1CCC(CCC(=O)O)CC1)C1CC1. The van der Waals surface area contributed by atoms with Gasteiger partial charge in [0.1, 0.15) is 0 Å². The molecule has 0 aromatic rings. The lowest BCUT2D eigenvalue weighted by atomic mass is 9.92. The fraction of sp³-hybridized carbons (Fsp3) is 0.867. The fourth-order valence-electron chi connectivity index (χ4n) is 3.07. The van der Waals surface area contributed by atoms with Crippen LogP contribution in [0.2, 0.25) is 0 Å². The minimum atomic E-state index is -0.703. The van der Waals surface area contributed by atoms with E-state index in [2.05, 4.69) is 4.90 Å². The van der Waals surface area contributed by atoms with Gasteiger partial charge < -0.3 is 10.0 Å². The number of aliphatic carboxylic acids is 1. The molecule has 1 amide bonds. The lowest BCUT2D eigenvalue weighted by Crippen LogP contribution is -2.44. The van der Waals surface area contributed by atoms with E-state index in [-0.39, 0.29) is 12.3 Å². The first-order chi connectivity index (χ1) is 9.60. The molecule has 0 atom stereocenters. The van der Waals surface area contributed by atoms with Gasteiger partial charge in [-0.05, 0) is 58.0 Å². The Morgan fingerprint density at radius 3 is 2.35 bits per heavy atom. The van der Waals surface area contributed by atoms with E-state index in [1.54, 1.807) is 0 Å². The molecule has 0 spiro atoms. The molecule has 1 aliphatic heterocycles. The maximum absolute atomic E-state index is 12.2. The van der Waals surface area contributed by atoms with Crippen molar-refractivity contribution in [3.8, 4) is 0 Å². The summed E-state index contributed by atoms with van der Waals surface area (Å²) >= 11 is 0. The summed E-state index contributed by atoms with van der Waals surface area (Å²) in [7, 11) is 0. The van der Waals surface area contributed by atoms with Crippen LogP contribution < -0.4 is 0 Å². The van der Waals surface area contributed by atoms with Gasteiger partial charge in [-0.2, -0.15) is 0 Å². The Morgan fingerprint density at radius 2 is 1.85 bits per heavy atom. The largest absolute Gasteiger partial charge is 0.481 e. The van der Waals surface area contributed by atoms with Crippen molar-refractivity contribution >= 4 is 11.9 Å². The number of carboxylic acid groups (broad SMARTS) is 1. The summed E-state index contributed by atoms with van der Waals surface area (Å²) < 4.78 is 0. The molecular weight excluding hydrogens is 256 g/mol. The van der Waals surface area contributed by atoms with Crippen LogP contribution in [-0.2, 0) is 9.59 Å². The van der Waals surface area contributed by atoms with Crippen molar-refractivity contribution in [1.82, 2.24) is 9.80 Å². The molecule has 2 rings (SSSR count). The van der Waals surface area contributed by atoms with Crippen LogP contribution in [0.5, 0.6) is 0 Å². The smallest absolute Gasteiger partial charge is 0.303 e. The number of nitrogens with zero attached hydrogens (tertiary/aromatic N) is 2. The quantitative estimate of drug-likeness (QED) is 0.770. The molecular formula is C15H26N2O3. The van der Waals surface area contributed by atoms with Crippen LogP contribution in [0.25, 0.3) is 0 Å². The Balaban J connectivity index is 1.68. The summed E-state index contributed by atoms with van der Waals surface area (Å²) in [5, 5.41) is 8.70. The lowest BCUT2D eigenvalue weighted by molar-refractivity contribution is -0.137. The summed E-state index contributed by atoms with van der Waals surface area (Å²) in [6, 6.07) is 0.501. The first kappa shape index (κ1) is 15.3. The van der Waals surface area contributed by atoms with Gasteiger partial charge in [-0.1, -0.05) is 0 Å². The maximum Gasteiger partial charge on any atom is 0.303 e. The van der Waals surface area contributed by atoms with Crippen molar-refractivity contribution < 1.29 is 14.7 Å². The van der Waals surface area contributed by atoms with E-state index in [0.717, 1.165) is 51.7 Å². The molecule has 1 aliphatic carbocycles. The third kappa shape index (κ3) is 4.47. The highest BCUT2D eigenvalue weighted by atomic mass is 16.4. The number of carbonyl (C=O) groups is 2. The summed E-state index contributed by atoms with van der Waals surface area (Å²) in [4.78, 5) is 27.0. The number of likely N-dealkylation sites (tertiary alicyclic amines) is 1. The van der Waals surface area contributed by atoms with Crippen molar-refractivity contribution in [1.29, 1.82) is 0 Å². The normalized spacial score (nSPS) is 20.9. The van der Waals surface area contributed by atoms with Crippen LogP contribution in [0.15, 0.2) is 0 Å². The second-order valence-electron chi connectivity index (χ2n) is 6.06. The first-order valence-electron chi connectivity index (χ1n) is 7.83. The first-order valence-corrected chi connectivity index (χ1v) is 7.83. The Kier molecular flexibility index (Phi) is 5.40. The molecule has 1 saturated heterocycles. The van der Waals surface area contributed by atoms with Gasteiger partial charge in [0.05, 0.1) is 6.54 Å². The molecule has 2 aliphatic rings. The van der Waals surface area contributed by atoms with Crippen molar-refractivity contribution in [2.45, 2.75) is 51.5 Å². The summed E-state index contributed by atoms with van der Waals surface area (Å²) in [6.45, 7) is 5.26. The number of rotatable bonds is 7. The number of likely N-dealkylation sites (N-methyl/N-ethyl adjacent to an activating group) is 1. The lowest BCUT2D eigenvalue weighted by Gasteiger charge is -2.33. The summed E-state index contributed by atoms with van der Waals surface area (Å²) in [6.07, 6.45) is 5.43. The van der Waals surface area contributed by atoms with E-state index in [1.807, 2.05) is 11.8 Å². The van der Waals surface area contributed by atoms with Crippen molar-refractivity contribution in [3.63, 3.8) is 0 Å². The third-order valence-electron chi connectivity index (χ3n) is 4.48. The van der Waals surface area contributed by atoms with Gasteiger partial charge in [-0.3, -0.25) is 14.5 Å². The zero-order valence-electron chi connectivity index (χ0n) is 12.4. The Bertz CT molecular complexity index is 347. The number of amides is 1. The molecule has 1 N–H and O–H groups in total. The van der Waals surface area contributed by atoms with Gasteiger partial charge in [0.2, 0.25) is 5.91 Å². The van der Waals surface area contributed by atoms with Gasteiger partial charge in [0.15, 0.2) is 0 Å². The van der Waals surface area contributed by atoms with E-state index < -0.39 is 5.97 Å². The number of hydrogen-bond acceptors (Lipinski definition) is 3. The van der Waals surface area contributed by atoms with Crippen LogP contribution in [0.4, 0.5) is 0 Å². The van der Waals surface area contributed by atoms with E-state index in [4.69, 9.17) is 5.11 Å². The van der Waals surface area contributed by atoms with Crippen LogP contribution in [0, 0.1) is 5.92 Å². The minimum Gasteiger partial charge on any atom is -0.481 e. The van der Waals surface area contributed by atoms with E-state index in [0.29, 0.717) is 18.5 Å². The average Bonchev–Trinajstić information content (AvgIpc) is 3.23. The fourth-order valence-corrected chi connectivity index (χ4v) is 3.07. The van der Waals surface area contributed by atoms with Gasteiger partial charge in [-0.15, -0.1) is 0 Å². The number of carboxylic acids is 1. The highest BCUT2D eigenvalue weighted by Gasteiger charge is 2.32. The number of piperidine rings is 1. The Labute approximate surface area is 120 Å². The van der Waals surface area contributed by atoms with Crippen LogP contribution in [-0.4, -0.2) is 59.0 Å². The third-order valence-corrected chi connectivity index (χ3v) is 4.48. The average molecular weight is 282 g/mol.